The second-order valence-electron chi connectivity index (χ2n) is 9.43. The molecule has 1 aromatic carbocycles. The fourth-order valence-electron chi connectivity index (χ4n) is 4.99. The number of nitrogens with zero attached hydrogens (tertiary/aromatic N) is 1. The van der Waals surface area contributed by atoms with Crippen molar-refractivity contribution in [2.75, 3.05) is 32.8 Å². The van der Waals surface area contributed by atoms with E-state index in [-0.39, 0.29) is 6.61 Å². The number of aliphatic hydroxyl groups excluding tert-OH is 1. The van der Waals surface area contributed by atoms with Crippen molar-refractivity contribution in [2.45, 2.75) is 85.4 Å². The van der Waals surface area contributed by atoms with Gasteiger partial charge in [-0.15, -0.1) is 0 Å². The number of hydrogen-bond donors (Lipinski definition) is 1. The maximum absolute atomic E-state index is 9.10. The maximum atomic E-state index is 9.10. The van der Waals surface area contributed by atoms with Gasteiger partial charge in [-0.1, -0.05) is 0 Å². The molecule has 1 heterocycles. The van der Waals surface area contributed by atoms with Crippen LogP contribution in [-0.2, 0) is 0 Å². The van der Waals surface area contributed by atoms with Crippen LogP contribution >= 0.6 is 0 Å². The Bertz CT molecular complexity index is 533. The van der Waals surface area contributed by atoms with Crippen molar-refractivity contribution in [3.05, 3.63) is 24.3 Å². The summed E-state index contributed by atoms with van der Waals surface area (Å²) in [6.07, 6.45) is 10.6. The first-order chi connectivity index (χ1) is 14.7. The van der Waals surface area contributed by atoms with E-state index in [1.807, 2.05) is 0 Å². The standard InChI is InChI=1S/C14H20NO2.3C4H9.Sn/c16-11-10-15-8-6-13(7-9-15)12-17-14-4-2-1-3-5-14;3*1-3-4-2;/h2-5,13,16H,6-12H2;3*1,3-4H2,2H3;. The number of β-amino-alcohol motifs (C(OH)–C–C–N with tert-alkyl or cyclic N) is 1. The van der Waals surface area contributed by atoms with Crippen LogP contribution in [0, 0.1) is 5.92 Å². The second-order valence-corrected chi connectivity index (χ2v) is 22.7. The summed E-state index contributed by atoms with van der Waals surface area (Å²) in [4.78, 5) is 2.36. The summed E-state index contributed by atoms with van der Waals surface area (Å²) in [5, 5.41) is 9.10. The summed E-state index contributed by atoms with van der Waals surface area (Å²) in [5.41, 5.74) is 0. The Hall–Kier alpha value is -0.261. The second kappa shape index (κ2) is 14.7. The van der Waals surface area contributed by atoms with Crippen molar-refractivity contribution in [2.24, 2.45) is 5.92 Å². The first-order valence-corrected chi connectivity index (χ1v) is 20.2. The van der Waals surface area contributed by atoms with Crippen LogP contribution in [0.1, 0.15) is 72.1 Å². The predicted octanol–water partition coefficient (Wildman–Crippen LogP) is 5.83. The summed E-state index contributed by atoms with van der Waals surface area (Å²) in [6, 6.07) is 9.45. The van der Waals surface area contributed by atoms with Gasteiger partial charge in [0.2, 0.25) is 0 Å². The summed E-state index contributed by atoms with van der Waals surface area (Å²) in [5.74, 6) is 1.70. The summed E-state index contributed by atoms with van der Waals surface area (Å²) < 4.78 is 12.5. The third kappa shape index (κ3) is 8.35. The molecule has 1 fully saturated rings. The number of ether oxygens (including phenoxy) is 1. The van der Waals surface area contributed by atoms with Crippen LogP contribution in [-0.4, -0.2) is 61.2 Å². The van der Waals surface area contributed by atoms with E-state index in [0.717, 1.165) is 32.0 Å². The Kier molecular flexibility index (Phi) is 12.8. The quantitative estimate of drug-likeness (QED) is 0.294. The van der Waals surface area contributed by atoms with Crippen molar-refractivity contribution in [1.82, 2.24) is 4.90 Å². The van der Waals surface area contributed by atoms with Gasteiger partial charge in [-0.3, -0.25) is 0 Å². The molecule has 0 saturated carbocycles. The molecule has 1 N–H and O–H groups in total. The zero-order valence-electron chi connectivity index (χ0n) is 20.0. The number of likely N-dealkylation sites (tertiary alicyclic amines) is 1. The van der Waals surface area contributed by atoms with Crippen molar-refractivity contribution in [1.29, 1.82) is 0 Å². The molecule has 0 atom stereocenters. The van der Waals surface area contributed by atoms with Crippen LogP contribution in [0.3, 0.4) is 0 Å². The Morgan fingerprint density at radius 3 is 1.90 bits per heavy atom. The molecule has 3 nitrogen and oxygen atoms in total. The van der Waals surface area contributed by atoms with Crippen molar-refractivity contribution in [3.63, 3.8) is 0 Å². The van der Waals surface area contributed by atoms with E-state index in [2.05, 4.69) is 49.9 Å². The van der Waals surface area contributed by atoms with Crippen LogP contribution < -0.4 is 8.32 Å². The SMILES string of the molecule is CCC[CH2][Sn]([CH2]CCC)([CH2]CCC)[c]1ccc(OCC2CCN(CCO)CC2)cc1. The Balaban J connectivity index is 1.97. The molecule has 172 valence electrons. The molecular formula is C26H47NO2Sn. The number of hydrogen-bond acceptors (Lipinski definition) is 3. The molecule has 0 spiro atoms. The van der Waals surface area contributed by atoms with Crippen molar-refractivity contribution < 1.29 is 9.84 Å². The third-order valence-electron chi connectivity index (χ3n) is 7.10. The summed E-state index contributed by atoms with van der Waals surface area (Å²) in [7, 11) is 0. The van der Waals surface area contributed by atoms with Gasteiger partial charge < -0.3 is 5.11 Å². The zero-order valence-corrected chi connectivity index (χ0v) is 22.9. The first kappa shape index (κ1) is 26.0. The molecule has 0 radical (unpaired) electrons. The Labute approximate surface area is 190 Å². The average molecular weight is 524 g/mol. The number of aliphatic hydroxyl groups is 1. The van der Waals surface area contributed by atoms with E-state index in [1.54, 1.807) is 3.58 Å². The van der Waals surface area contributed by atoms with Crippen molar-refractivity contribution in [3.8, 4) is 5.75 Å². The van der Waals surface area contributed by atoms with Crippen LogP contribution in [0.2, 0.25) is 13.3 Å². The summed E-state index contributed by atoms with van der Waals surface area (Å²) in [6.45, 7) is 11.2. The molecule has 0 aromatic heterocycles. The van der Waals surface area contributed by atoms with E-state index in [1.165, 1.54) is 64.7 Å². The van der Waals surface area contributed by atoms with Crippen molar-refractivity contribution >= 4 is 22.0 Å². The Morgan fingerprint density at radius 2 is 1.43 bits per heavy atom. The molecule has 0 aliphatic carbocycles. The number of benzene rings is 1. The van der Waals surface area contributed by atoms with E-state index in [0.29, 0.717) is 5.92 Å². The van der Waals surface area contributed by atoms with E-state index in [4.69, 9.17) is 9.84 Å². The molecule has 30 heavy (non-hydrogen) atoms. The van der Waals surface area contributed by atoms with Crippen LogP contribution in [0.4, 0.5) is 0 Å². The zero-order chi connectivity index (χ0) is 21.7. The van der Waals surface area contributed by atoms with Crippen LogP contribution in [0.25, 0.3) is 0 Å². The minimum atomic E-state index is -2.31. The van der Waals surface area contributed by atoms with Gasteiger partial charge in [0.05, 0.1) is 0 Å². The van der Waals surface area contributed by atoms with Gasteiger partial charge in [-0.2, -0.15) is 0 Å². The van der Waals surface area contributed by atoms with Gasteiger partial charge in [0.15, 0.2) is 0 Å². The fourth-order valence-corrected chi connectivity index (χ4v) is 20.9. The Morgan fingerprint density at radius 1 is 0.900 bits per heavy atom. The summed E-state index contributed by atoms with van der Waals surface area (Å²) >= 11 is -2.31. The molecule has 4 heteroatoms. The molecule has 0 amide bonds. The van der Waals surface area contributed by atoms with E-state index in [9.17, 15) is 0 Å². The van der Waals surface area contributed by atoms with Crippen LogP contribution in [0.5, 0.6) is 5.75 Å². The number of unbranched alkanes of at least 4 members (excludes halogenated alkanes) is 3. The monoisotopic (exact) mass is 525 g/mol. The van der Waals surface area contributed by atoms with Gasteiger partial charge in [-0.25, -0.2) is 0 Å². The minimum absolute atomic E-state index is 0.273. The molecule has 1 aromatic rings. The van der Waals surface area contributed by atoms with E-state index >= 15 is 0 Å². The molecule has 1 aliphatic heterocycles. The molecule has 1 saturated heterocycles. The van der Waals surface area contributed by atoms with Gasteiger partial charge in [0, 0.05) is 0 Å². The van der Waals surface area contributed by atoms with Gasteiger partial charge in [0.25, 0.3) is 0 Å². The van der Waals surface area contributed by atoms with Gasteiger partial charge in [0.1, 0.15) is 0 Å². The number of piperidine rings is 1. The normalized spacial score (nSPS) is 16.1. The molecular weight excluding hydrogens is 477 g/mol. The topological polar surface area (TPSA) is 32.7 Å². The molecule has 1 aliphatic rings. The molecule has 0 bridgehead atoms. The van der Waals surface area contributed by atoms with Gasteiger partial charge >= 0.3 is 186 Å². The molecule has 2 rings (SSSR count). The fraction of sp³-hybridized carbons (Fsp3) is 0.769. The van der Waals surface area contributed by atoms with Crippen LogP contribution in [0.15, 0.2) is 24.3 Å². The number of rotatable bonds is 15. The average Bonchev–Trinajstić information content (AvgIpc) is 2.79. The predicted molar refractivity (Wildman–Crippen MR) is 133 cm³/mol. The third-order valence-corrected chi connectivity index (χ3v) is 22.8. The van der Waals surface area contributed by atoms with Gasteiger partial charge in [-0.05, 0) is 0 Å². The molecule has 0 unspecified atom stereocenters. The first-order valence-electron chi connectivity index (χ1n) is 12.7. The van der Waals surface area contributed by atoms with E-state index < -0.39 is 18.4 Å².